The van der Waals surface area contributed by atoms with Crippen molar-refractivity contribution in [3.05, 3.63) is 83.7 Å². The van der Waals surface area contributed by atoms with Gasteiger partial charge >= 0.3 is 0 Å². The van der Waals surface area contributed by atoms with Gasteiger partial charge < -0.3 is 5.32 Å². The molecule has 0 bridgehead atoms. The lowest BCUT2D eigenvalue weighted by Crippen LogP contribution is -2.24. The smallest absolute Gasteiger partial charge is 0.224 e. The molecule has 0 heterocycles. The molecule has 2 nitrogen and oxygen atoms in total. The van der Waals surface area contributed by atoms with Crippen molar-refractivity contribution in [2.75, 3.05) is 0 Å². The van der Waals surface area contributed by atoms with Gasteiger partial charge in [-0.05, 0) is 34.0 Å². The molecule has 0 aromatic heterocycles. The second kappa shape index (κ2) is 6.39. The molecule has 0 saturated heterocycles. The minimum Gasteiger partial charge on any atom is -0.352 e. The van der Waals surface area contributed by atoms with Crippen LogP contribution >= 0.6 is 0 Å². The summed E-state index contributed by atoms with van der Waals surface area (Å²) in [7, 11) is 0. The molecule has 0 unspecified atom stereocenters. The fourth-order valence-corrected chi connectivity index (χ4v) is 2.40. The summed E-state index contributed by atoms with van der Waals surface area (Å²) < 4.78 is 12.8. The Hall–Kier alpha value is -2.68. The lowest BCUT2D eigenvalue weighted by atomic mass is 10.0. The molecule has 1 N–H and O–H groups in total. The molecule has 0 aliphatic heterocycles. The third-order valence-corrected chi connectivity index (χ3v) is 3.58. The van der Waals surface area contributed by atoms with Gasteiger partial charge in [0.15, 0.2) is 0 Å². The largest absolute Gasteiger partial charge is 0.352 e. The molecule has 0 aliphatic carbocycles. The number of halogens is 1. The molecular weight excluding hydrogens is 277 g/mol. The quantitative estimate of drug-likeness (QED) is 0.778. The highest BCUT2D eigenvalue weighted by Crippen LogP contribution is 2.16. The van der Waals surface area contributed by atoms with Gasteiger partial charge in [-0.25, -0.2) is 4.39 Å². The molecular formula is C19H16FNO. The molecule has 0 fully saturated rings. The van der Waals surface area contributed by atoms with Gasteiger partial charge in [-0.3, -0.25) is 4.79 Å². The van der Waals surface area contributed by atoms with E-state index in [4.69, 9.17) is 0 Å². The standard InChI is InChI=1S/C19H16FNO/c20-18-9-6-14(7-10-18)13-21-19(22)12-15-5-8-16-3-1-2-4-17(16)11-15/h1-11H,12-13H2,(H,21,22). The predicted molar refractivity (Wildman–Crippen MR) is 85.9 cm³/mol. The van der Waals surface area contributed by atoms with Crippen molar-refractivity contribution in [2.45, 2.75) is 13.0 Å². The third-order valence-electron chi connectivity index (χ3n) is 3.58. The van der Waals surface area contributed by atoms with Crippen LogP contribution in [0.5, 0.6) is 0 Å². The molecule has 0 spiro atoms. The Bertz CT molecular complexity index is 796. The number of amides is 1. The van der Waals surface area contributed by atoms with Crippen molar-refractivity contribution < 1.29 is 9.18 Å². The summed E-state index contributed by atoms with van der Waals surface area (Å²) >= 11 is 0. The minimum atomic E-state index is -0.272. The Morgan fingerprint density at radius 1 is 0.864 bits per heavy atom. The number of carbonyl (C=O) groups excluding carboxylic acids is 1. The van der Waals surface area contributed by atoms with E-state index in [0.29, 0.717) is 13.0 Å². The zero-order valence-corrected chi connectivity index (χ0v) is 12.1. The molecule has 3 heteroatoms. The number of hydrogen-bond acceptors (Lipinski definition) is 1. The number of carbonyl (C=O) groups is 1. The maximum Gasteiger partial charge on any atom is 0.224 e. The van der Waals surface area contributed by atoms with E-state index in [0.717, 1.165) is 21.9 Å². The Morgan fingerprint density at radius 3 is 2.32 bits per heavy atom. The van der Waals surface area contributed by atoms with E-state index in [1.165, 1.54) is 12.1 Å². The molecule has 3 aromatic rings. The normalized spacial score (nSPS) is 10.6. The molecule has 3 aromatic carbocycles. The second-order valence-corrected chi connectivity index (χ2v) is 5.26. The Labute approximate surface area is 128 Å². The van der Waals surface area contributed by atoms with E-state index in [1.54, 1.807) is 12.1 Å². The summed E-state index contributed by atoms with van der Waals surface area (Å²) in [6.07, 6.45) is 0.339. The van der Waals surface area contributed by atoms with Gasteiger partial charge in [0, 0.05) is 6.54 Å². The van der Waals surface area contributed by atoms with E-state index < -0.39 is 0 Å². The molecule has 0 saturated carbocycles. The van der Waals surface area contributed by atoms with Gasteiger partial charge in [-0.15, -0.1) is 0 Å². The lowest BCUT2D eigenvalue weighted by molar-refractivity contribution is -0.120. The maximum absolute atomic E-state index is 12.8. The number of rotatable bonds is 4. The van der Waals surface area contributed by atoms with Gasteiger partial charge in [-0.2, -0.15) is 0 Å². The fraction of sp³-hybridized carbons (Fsp3) is 0.105. The van der Waals surface area contributed by atoms with E-state index in [1.807, 2.05) is 42.5 Å². The van der Waals surface area contributed by atoms with E-state index >= 15 is 0 Å². The maximum atomic E-state index is 12.8. The van der Waals surface area contributed by atoms with E-state index in [2.05, 4.69) is 5.32 Å². The van der Waals surface area contributed by atoms with Crippen LogP contribution in [0.15, 0.2) is 66.7 Å². The highest BCUT2D eigenvalue weighted by atomic mass is 19.1. The molecule has 0 aliphatic rings. The van der Waals surface area contributed by atoms with Crippen molar-refractivity contribution in [1.29, 1.82) is 0 Å². The second-order valence-electron chi connectivity index (χ2n) is 5.26. The van der Waals surface area contributed by atoms with Crippen molar-refractivity contribution in [3.8, 4) is 0 Å². The summed E-state index contributed by atoms with van der Waals surface area (Å²) in [5.74, 6) is -0.314. The van der Waals surface area contributed by atoms with Crippen molar-refractivity contribution in [3.63, 3.8) is 0 Å². The zero-order chi connectivity index (χ0) is 15.4. The van der Waals surface area contributed by atoms with Crippen LogP contribution < -0.4 is 5.32 Å². The van der Waals surface area contributed by atoms with Gasteiger partial charge in [-0.1, -0.05) is 54.6 Å². The first kappa shape index (κ1) is 14.3. The number of fused-ring (bicyclic) bond motifs is 1. The molecule has 0 atom stereocenters. The monoisotopic (exact) mass is 293 g/mol. The summed E-state index contributed by atoms with van der Waals surface area (Å²) in [4.78, 5) is 12.0. The van der Waals surface area contributed by atoms with Gasteiger partial charge in [0.05, 0.1) is 6.42 Å². The first-order valence-electron chi connectivity index (χ1n) is 7.19. The van der Waals surface area contributed by atoms with Crippen LogP contribution in [0.2, 0.25) is 0 Å². The Morgan fingerprint density at radius 2 is 1.55 bits per heavy atom. The molecule has 3 rings (SSSR count). The number of nitrogens with one attached hydrogen (secondary N) is 1. The van der Waals surface area contributed by atoms with Crippen molar-refractivity contribution in [2.24, 2.45) is 0 Å². The van der Waals surface area contributed by atoms with Gasteiger partial charge in [0.1, 0.15) is 5.82 Å². The van der Waals surface area contributed by atoms with Crippen LogP contribution in [0.1, 0.15) is 11.1 Å². The van der Waals surface area contributed by atoms with Crippen LogP contribution in [-0.2, 0) is 17.8 Å². The average Bonchev–Trinajstić information content (AvgIpc) is 2.54. The first-order valence-corrected chi connectivity index (χ1v) is 7.19. The lowest BCUT2D eigenvalue weighted by Gasteiger charge is -2.06. The van der Waals surface area contributed by atoms with E-state index in [9.17, 15) is 9.18 Å². The first-order chi connectivity index (χ1) is 10.7. The van der Waals surface area contributed by atoms with Gasteiger partial charge in [0.2, 0.25) is 5.91 Å². The minimum absolute atomic E-state index is 0.0420. The Kier molecular flexibility index (Phi) is 4.15. The van der Waals surface area contributed by atoms with Crippen LogP contribution in [0, 0.1) is 5.82 Å². The summed E-state index contributed by atoms with van der Waals surface area (Å²) in [6.45, 7) is 0.409. The highest BCUT2D eigenvalue weighted by Gasteiger charge is 2.04. The van der Waals surface area contributed by atoms with E-state index in [-0.39, 0.29) is 11.7 Å². The van der Waals surface area contributed by atoms with Crippen LogP contribution in [0.4, 0.5) is 4.39 Å². The highest BCUT2D eigenvalue weighted by molar-refractivity contribution is 5.85. The molecule has 110 valence electrons. The number of benzene rings is 3. The topological polar surface area (TPSA) is 29.1 Å². The van der Waals surface area contributed by atoms with Gasteiger partial charge in [0.25, 0.3) is 0 Å². The fourth-order valence-electron chi connectivity index (χ4n) is 2.40. The summed E-state index contributed by atoms with van der Waals surface area (Å²) in [6, 6.07) is 20.2. The zero-order valence-electron chi connectivity index (χ0n) is 12.1. The van der Waals surface area contributed by atoms with Crippen LogP contribution in [0.3, 0.4) is 0 Å². The third kappa shape index (κ3) is 3.50. The summed E-state index contributed by atoms with van der Waals surface area (Å²) in [5.41, 5.74) is 1.86. The molecule has 22 heavy (non-hydrogen) atoms. The Balaban J connectivity index is 1.61. The van der Waals surface area contributed by atoms with Crippen LogP contribution in [-0.4, -0.2) is 5.91 Å². The number of hydrogen-bond donors (Lipinski definition) is 1. The predicted octanol–water partition coefficient (Wildman–Crippen LogP) is 3.84. The van der Waals surface area contributed by atoms with Crippen molar-refractivity contribution in [1.82, 2.24) is 5.32 Å². The molecule has 1 amide bonds. The molecule has 0 radical (unpaired) electrons. The SMILES string of the molecule is O=C(Cc1ccc2ccccc2c1)NCc1ccc(F)cc1. The average molecular weight is 293 g/mol. The van der Waals surface area contributed by atoms with Crippen LogP contribution in [0.25, 0.3) is 10.8 Å². The summed E-state index contributed by atoms with van der Waals surface area (Å²) in [5, 5.41) is 5.15. The van der Waals surface area contributed by atoms with Crippen molar-refractivity contribution >= 4 is 16.7 Å².